The summed E-state index contributed by atoms with van der Waals surface area (Å²) in [6, 6.07) is 1.20. The van der Waals surface area contributed by atoms with E-state index in [2.05, 4.69) is 4.74 Å². The van der Waals surface area contributed by atoms with E-state index in [0.29, 0.717) is 0 Å². The predicted molar refractivity (Wildman–Crippen MR) is 53.9 cm³/mol. The van der Waals surface area contributed by atoms with Gasteiger partial charge in [-0.15, -0.1) is 0 Å². The van der Waals surface area contributed by atoms with Gasteiger partial charge in [0.25, 0.3) is 0 Å². The minimum absolute atomic E-state index is 0.0142. The number of nitriles is 1. The average molecular weight is 252 g/mol. The van der Waals surface area contributed by atoms with Gasteiger partial charge in [-0.25, -0.2) is 0 Å². The quantitative estimate of drug-likeness (QED) is 0.673. The zero-order valence-electron chi connectivity index (χ0n) is 9.75. The van der Waals surface area contributed by atoms with Gasteiger partial charge in [-0.3, -0.25) is 4.79 Å². The van der Waals surface area contributed by atoms with Crippen molar-refractivity contribution < 1.29 is 22.7 Å². The summed E-state index contributed by atoms with van der Waals surface area (Å²) in [4.78, 5) is 12.3. The van der Waals surface area contributed by atoms with Crippen LogP contribution in [0.5, 0.6) is 0 Å². The second-order valence-electron chi connectivity index (χ2n) is 3.54. The third-order valence-corrected chi connectivity index (χ3v) is 2.05. The Hall–Kier alpha value is -1.29. The van der Waals surface area contributed by atoms with E-state index in [1.165, 1.54) is 18.0 Å². The maximum atomic E-state index is 12.3. The van der Waals surface area contributed by atoms with Gasteiger partial charge in [-0.05, 0) is 14.0 Å². The zero-order valence-corrected chi connectivity index (χ0v) is 9.75. The number of ether oxygens (including phenoxy) is 1. The summed E-state index contributed by atoms with van der Waals surface area (Å²) in [5, 5.41) is 8.38. The van der Waals surface area contributed by atoms with E-state index < -0.39 is 24.6 Å². The Morgan fingerprint density at radius 1 is 1.53 bits per heavy atom. The minimum Gasteiger partial charge on any atom is -0.466 e. The first-order valence-electron chi connectivity index (χ1n) is 5.11. The van der Waals surface area contributed by atoms with Crippen LogP contribution in [-0.2, 0) is 9.53 Å². The summed E-state index contributed by atoms with van der Waals surface area (Å²) in [5.74, 6) is -2.49. The molecule has 0 amide bonds. The highest BCUT2D eigenvalue weighted by atomic mass is 19.4. The molecule has 0 aromatic rings. The molecule has 0 aliphatic rings. The molecule has 0 rings (SSSR count). The molecule has 0 heterocycles. The van der Waals surface area contributed by atoms with Gasteiger partial charge in [0.15, 0.2) is 5.92 Å². The Kier molecular flexibility index (Phi) is 6.58. The van der Waals surface area contributed by atoms with E-state index in [1.807, 2.05) is 0 Å². The van der Waals surface area contributed by atoms with Crippen molar-refractivity contribution in [3.63, 3.8) is 0 Å². The van der Waals surface area contributed by atoms with Crippen molar-refractivity contribution in [2.75, 3.05) is 26.7 Å². The van der Waals surface area contributed by atoms with E-state index in [4.69, 9.17) is 5.26 Å². The third kappa shape index (κ3) is 6.79. The van der Waals surface area contributed by atoms with E-state index >= 15 is 0 Å². The predicted octanol–water partition coefficient (Wildman–Crippen LogP) is 1.57. The second kappa shape index (κ2) is 7.12. The summed E-state index contributed by atoms with van der Waals surface area (Å²) < 4.78 is 41.4. The van der Waals surface area contributed by atoms with Gasteiger partial charge < -0.3 is 9.64 Å². The Balaban J connectivity index is 4.05. The number of hydrogen-bond acceptors (Lipinski definition) is 4. The van der Waals surface area contributed by atoms with Crippen molar-refractivity contribution in [1.29, 1.82) is 5.26 Å². The first kappa shape index (κ1) is 15.7. The number of hydrogen-bond donors (Lipinski definition) is 0. The van der Waals surface area contributed by atoms with Crippen LogP contribution in [-0.4, -0.2) is 43.8 Å². The van der Waals surface area contributed by atoms with Crippen LogP contribution in [0.4, 0.5) is 13.2 Å². The number of halogens is 3. The average Bonchev–Trinajstić information content (AvgIpc) is 2.21. The topological polar surface area (TPSA) is 53.3 Å². The molecule has 0 saturated heterocycles. The third-order valence-electron chi connectivity index (χ3n) is 2.05. The van der Waals surface area contributed by atoms with E-state index in [0.717, 1.165) is 0 Å². The number of carbonyl (C=O) groups excluding carboxylic acids is 1. The number of alkyl halides is 3. The molecule has 0 aliphatic heterocycles. The Labute approximate surface area is 97.9 Å². The maximum Gasteiger partial charge on any atom is 0.405 e. The maximum absolute atomic E-state index is 12.3. The lowest BCUT2D eigenvalue weighted by Crippen LogP contribution is -2.35. The molecule has 0 saturated carbocycles. The summed E-state index contributed by atoms with van der Waals surface area (Å²) >= 11 is 0. The number of carbonyl (C=O) groups is 1. The SMILES string of the molecule is CCOC(=O)CCN(C)CC(C#N)C(F)(F)F. The van der Waals surface area contributed by atoms with Crippen molar-refractivity contribution in [3.05, 3.63) is 0 Å². The van der Waals surface area contributed by atoms with Crippen molar-refractivity contribution in [2.45, 2.75) is 19.5 Å². The molecular weight excluding hydrogens is 237 g/mol. The lowest BCUT2D eigenvalue weighted by molar-refractivity contribution is -0.162. The standard InChI is InChI=1S/C10H15F3N2O2/c1-3-17-9(16)4-5-15(2)7-8(6-14)10(11,12)13/h8H,3-5,7H2,1-2H3. The van der Waals surface area contributed by atoms with Crippen LogP contribution in [0, 0.1) is 17.2 Å². The number of rotatable bonds is 6. The van der Waals surface area contributed by atoms with Crippen LogP contribution in [0.1, 0.15) is 13.3 Å². The molecule has 17 heavy (non-hydrogen) atoms. The van der Waals surface area contributed by atoms with Crippen molar-refractivity contribution in [1.82, 2.24) is 4.90 Å². The molecule has 7 heteroatoms. The fourth-order valence-electron chi connectivity index (χ4n) is 1.14. The normalized spacial score (nSPS) is 13.2. The molecule has 0 radical (unpaired) electrons. The molecule has 0 spiro atoms. The van der Waals surface area contributed by atoms with Gasteiger partial charge in [0, 0.05) is 13.1 Å². The van der Waals surface area contributed by atoms with E-state index in [9.17, 15) is 18.0 Å². The Bertz CT molecular complexity index is 286. The van der Waals surface area contributed by atoms with Crippen LogP contribution in [0.2, 0.25) is 0 Å². The van der Waals surface area contributed by atoms with Gasteiger partial charge >= 0.3 is 12.1 Å². The summed E-state index contributed by atoms with van der Waals surface area (Å²) in [5.41, 5.74) is 0. The van der Waals surface area contributed by atoms with Crippen LogP contribution >= 0.6 is 0 Å². The second-order valence-corrected chi connectivity index (χ2v) is 3.54. The van der Waals surface area contributed by atoms with Crippen LogP contribution in [0.3, 0.4) is 0 Å². The first-order valence-corrected chi connectivity index (χ1v) is 5.11. The van der Waals surface area contributed by atoms with Gasteiger partial charge in [0.1, 0.15) is 0 Å². The molecule has 1 atom stereocenters. The van der Waals surface area contributed by atoms with Crippen LogP contribution in [0.15, 0.2) is 0 Å². The van der Waals surface area contributed by atoms with Crippen molar-refractivity contribution in [3.8, 4) is 6.07 Å². The first-order chi connectivity index (χ1) is 7.81. The molecule has 0 aromatic heterocycles. The molecular formula is C10H15F3N2O2. The molecule has 98 valence electrons. The van der Waals surface area contributed by atoms with Crippen molar-refractivity contribution in [2.24, 2.45) is 5.92 Å². The smallest absolute Gasteiger partial charge is 0.405 e. The summed E-state index contributed by atoms with van der Waals surface area (Å²) in [6.45, 7) is 1.58. The molecule has 0 aliphatic carbocycles. The lowest BCUT2D eigenvalue weighted by atomic mass is 10.1. The van der Waals surface area contributed by atoms with Gasteiger partial charge in [0.2, 0.25) is 0 Å². The molecule has 0 bridgehead atoms. The van der Waals surface area contributed by atoms with Crippen LogP contribution in [0.25, 0.3) is 0 Å². The molecule has 0 N–H and O–H groups in total. The fourth-order valence-corrected chi connectivity index (χ4v) is 1.14. The zero-order chi connectivity index (χ0) is 13.5. The number of esters is 1. The summed E-state index contributed by atoms with van der Waals surface area (Å²) in [7, 11) is 1.43. The highest BCUT2D eigenvalue weighted by Crippen LogP contribution is 2.26. The molecule has 0 aromatic carbocycles. The van der Waals surface area contributed by atoms with E-state index in [-0.39, 0.29) is 19.6 Å². The summed E-state index contributed by atoms with van der Waals surface area (Å²) in [6.07, 6.45) is -4.52. The highest BCUT2D eigenvalue weighted by molar-refractivity contribution is 5.69. The molecule has 0 fully saturated rings. The molecule has 1 unspecified atom stereocenters. The largest absolute Gasteiger partial charge is 0.466 e. The Morgan fingerprint density at radius 3 is 2.53 bits per heavy atom. The fraction of sp³-hybridized carbons (Fsp3) is 0.800. The van der Waals surface area contributed by atoms with E-state index in [1.54, 1.807) is 6.92 Å². The Morgan fingerprint density at radius 2 is 2.12 bits per heavy atom. The van der Waals surface area contributed by atoms with Crippen molar-refractivity contribution >= 4 is 5.97 Å². The molecule has 4 nitrogen and oxygen atoms in total. The minimum atomic E-state index is -4.53. The monoisotopic (exact) mass is 252 g/mol. The highest BCUT2D eigenvalue weighted by Gasteiger charge is 2.40. The number of nitrogens with zero attached hydrogens (tertiary/aromatic N) is 2. The van der Waals surface area contributed by atoms with Crippen LogP contribution < -0.4 is 0 Å². The lowest BCUT2D eigenvalue weighted by Gasteiger charge is -2.20. The van der Waals surface area contributed by atoms with Gasteiger partial charge in [0.05, 0.1) is 19.1 Å². The van der Waals surface area contributed by atoms with Gasteiger partial charge in [-0.1, -0.05) is 0 Å². The van der Waals surface area contributed by atoms with Gasteiger partial charge in [-0.2, -0.15) is 18.4 Å².